The summed E-state index contributed by atoms with van der Waals surface area (Å²) in [5.74, 6) is 0. The van der Waals surface area contributed by atoms with Crippen LogP contribution in [0, 0.1) is 0 Å². The molecule has 3 aromatic carbocycles. The Kier molecular flexibility index (Phi) is 8.15. The van der Waals surface area contributed by atoms with Crippen LogP contribution in [-0.2, 0) is 0 Å². The Morgan fingerprint density at radius 2 is 1.55 bits per heavy atom. The zero-order chi connectivity index (χ0) is 26.3. The normalized spacial score (nSPS) is 12.9. The zero-order valence-electron chi connectivity index (χ0n) is 22.6. The Labute approximate surface area is 225 Å². The van der Waals surface area contributed by atoms with E-state index in [1.807, 2.05) is 24.3 Å². The van der Waals surface area contributed by atoms with Crippen molar-refractivity contribution in [3.63, 3.8) is 0 Å². The van der Waals surface area contributed by atoms with Crippen molar-refractivity contribution < 1.29 is 0 Å². The summed E-state index contributed by atoms with van der Waals surface area (Å²) >= 11 is 0. The molecule has 3 aromatic rings. The first-order valence-electron chi connectivity index (χ1n) is 13.8. The predicted molar refractivity (Wildman–Crippen MR) is 159 cm³/mol. The highest BCUT2D eigenvalue weighted by Gasteiger charge is 2.17. The van der Waals surface area contributed by atoms with Crippen molar-refractivity contribution in [3.8, 4) is 17.1 Å². The first-order valence-corrected chi connectivity index (χ1v) is 13.8. The average Bonchev–Trinajstić information content (AvgIpc) is 2.95. The standard InChI is InChI=1S/C33H37N5/c1-4-37(5-2)22-14-15-25(3)34-30-24-33-31(23-29(30)35-26-16-8-6-9-17-26)36-28-20-12-13-21-32(28)38(33)27-18-10-7-11-19-27/h6-13,16-21,23-25,35H,4-5,14-15,22H2,1-3H3. The highest BCUT2D eigenvalue weighted by molar-refractivity contribution is 5.84. The van der Waals surface area contributed by atoms with E-state index in [0.29, 0.717) is 0 Å². The van der Waals surface area contributed by atoms with Crippen LogP contribution in [0.4, 0.5) is 11.4 Å². The number of para-hydroxylation sites is 4. The fourth-order valence-electron chi connectivity index (χ4n) is 5.03. The van der Waals surface area contributed by atoms with Gasteiger partial charge in [0.25, 0.3) is 0 Å². The summed E-state index contributed by atoms with van der Waals surface area (Å²) in [5, 5.41) is 4.58. The highest BCUT2D eigenvalue weighted by atomic mass is 15.1. The summed E-state index contributed by atoms with van der Waals surface area (Å²) in [6, 6.07) is 33.7. The molecule has 1 aliphatic carbocycles. The Morgan fingerprint density at radius 3 is 2.29 bits per heavy atom. The first kappa shape index (κ1) is 25.7. The summed E-state index contributed by atoms with van der Waals surface area (Å²) in [7, 11) is 0. The predicted octanol–water partition coefficient (Wildman–Crippen LogP) is 7.29. The fraction of sp³-hybridized carbons (Fsp3) is 0.273. The molecule has 2 aliphatic rings. The lowest BCUT2D eigenvalue weighted by Crippen LogP contribution is -2.24. The van der Waals surface area contributed by atoms with Gasteiger partial charge >= 0.3 is 0 Å². The van der Waals surface area contributed by atoms with Crippen molar-refractivity contribution in [3.05, 3.63) is 102 Å². The Balaban J connectivity index is 1.65. The van der Waals surface area contributed by atoms with Crippen LogP contribution in [0.15, 0.2) is 102 Å². The minimum atomic E-state index is 0.206. The molecular weight excluding hydrogens is 466 g/mol. The zero-order valence-corrected chi connectivity index (χ0v) is 22.6. The van der Waals surface area contributed by atoms with E-state index in [2.05, 4.69) is 108 Å². The number of rotatable bonds is 10. The van der Waals surface area contributed by atoms with Gasteiger partial charge in [0, 0.05) is 17.4 Å². The van der Waals surface area contributed by atoms with Gasteiger partial charge in [0.2, 0.25) is 0 Å². The third kappa shape index (κ3) is 5.79. The van der Waals surface area contributed by atoms with E-state index in [9.17, 15) is 0 Å². The summed E-state index contributed by atoms with van der Waals surface area (Å²) in [4.78, 5) is 12.8. The van der Waals surface area contributed by atoms with Crippen molar-refractivity contribution in [2.75, 3.05) is 25.0 Å². The molecule has 1 aliphatic heterocycles. The van der Waals surface area contributed by atoms with Crippen LogP contribution >= 0.6 is 0 Å². The Hall–Kier alpha value is -3.96. The molecule has 5 heteroatoms. The van der Waals surface area contributed by atoms with Crippen molar-refractivity contribution in [2.45, 2.75) is 39.7 Å². The number of fused-ring (bicyclic) bond motifs is 2. The van der Waals surface area contributed by atoms with Crippen LogP contribution in [0.3, 0.4) is 0 Å². The fourth-order valence-corrected chi connectivity index (χ4v) is 5.03. The number of anilines is 2. The van der Waals surface area contributed by atoms with Gasteiger partial charge < -0.3 is 14.8 Å². The van der Waals surface area contributed by atoms with E-state index < -0.39 is 0 Å². The third-order valence-corrected chi connectivity index (χ3v) is 7.11. The van der Waals surface area contributed by atoms with Gasteiger partial charge in [0.1, 0.15) is 0 Å². The number of nitrogens with one attached hydrogen (secondary N) is 1. The molecule has 1 atom stereocenters. The van der Waals surface area contributed by atoms with Gasteiger partial charge in [0.15, 0.2) is 0 Å². The van der Waals surface area contributed by atoms with Gasteiger partial charge in [-0.25, -0.2) is 4.98 Å². The van der Waals surface area contributed by atoms with Crippen LogP contribution in [0.1, 0.15) is 33.6 Å². The maximum atomic E-state index is 5.25. The first-order chi connectivity index (χ1) is 18.7. The van der Waals surface area contributed by atoms with Crippen LogP contribution < -0.4 is 10.7 Å². The molecule has 0 fully saturated rings. The number of aromatic nitrogens is 2. The van der Waals surface area contributed by atoms with Crippen LogP contribution in [0.5, 0.6) is 0 Å². The SMILES string of the molecule is CCN(CC)CCCC(C)N=c1cc2n(-c3ccccc3)c3ccccc3nc-2cc1Nc1ccccc1. The molecule has 38 heavy (non-hydrogen) atoms. The summed E-state index contributed by atoms with van der Waals surface area (Å²) in [6.45, 7) is 9.99. The van der Waals surface area contributed by atoms with E-state index in [-0.39, 0.29) is 6.04 Å². The maximum Gasteiger partial charge on any atom is 0.0900 e. The second-order valence-electron chi connectivity index (χ2n) is 9.77. The van der Waals surface area contributed by atoms with Crippen LogP contribution in [0.25, 0.3) is 28.1 Å². The van der Waals surface area contributed by atoms with Gasteiger partial charge in [-0.2, -0.15) is 0 Å². The highest BCUT2D eigenvalue weighted by Crippen LogP contribution is 2.30. The minimum absolute atomic E-state index is 0.206. The molecule has 5 nitrogen and oxygen atoms in total. The molecule has 5 rings (SSSR count). The summed E-state index contributed by atoms with van der Waals surface area (Å²) in [6.07, 6.45) is 2.19. The lowest BCUT2D eigenvalue weighted by atomic mass is 10.1. The lowest BCUT2D eigenvalue weighted by Gasteiger charge is -2.21. The van der Waals surface area contributed by atoms with E-state index in [4.69, 9.17) is 9.98 Å². The second-order valence-corrected chi connectivity index (χ2v) is 9.77. The minimum Gasteiger partial charge on any atom is -0.354 e. The van der Waals surface area contributed by atoms with E-state index in [1.165, 1.54) is 0 Å². The maximum absolute atomic E-state index is 5.25. The lowest BCUT2D eigenvalue weighted by molar-refractivity contribution is 0.294. The van der Waals surface area contributed by atoms with Crippen molar-refractivity contribution in [1.82, 2.24) is 14.5 Å². The van der Waals surface area contributed by atoms with E-state index in [0.717, 1.165) is 77.3 Å². The molecular formula is C33H37N5. The quantitative estimate of drug-likeness (QED) is 0.204. The molecule has 1 heterocycles. The Morgan fingerprint density at radius 1 is 0.868 bits per heavy atom. The van der Waals surface area contributed by atoms with Crippen LogP contribution in [0.2, 0.25) is 0 Å². The number of benzene rings is 4. The van der Waals surface area contributed by atoms with Crippen LogP contribution in [-0.4, -0.2) is 40.1 Å². The topological polar surface area (TPSA) is 45.5 Å². The van der Waals surface area contributed by atoms with E-state index >= 15 is 0 Å². The molecule has 0 radical (unpaired) electrons. The average molecular weight is 504 g/mol. The van der Waals surface area contributed by atoms with Gasteiger partial charge in [0.05, 0.1) is 33.5 Å². The smallest absolute Gasteiger partial charge is 0.0900 e. The summed E-state index contributed by atoms with van der Waals surface area (Å²) < 4.78 is 2.30. The van der Waals surface area contributed by atoms with Crippen molar-refractivity contribution >= 4 is 22.4 Å². The molecule has 0 spiro atoms. The van der Waals surface area contributed by atoms with Gasteiger partial charge in [-0.05, 0) is 87.9 Å². The van der Waals surface area contributed by atoms with Gasteiger partial charge in [-0.15, -0.1) is 0 Å². The second kappa shape index (κ2) is 12.1. The molecule has 194 valence electrons. The van der Waals surface area contributed by atoms with E-state index in [1.54, 1.807) is 0 Å². The number of nitrogens with zero attached hydrogens (tertiary/aromatic N) is 4. The number of hydrogen-bond acceptors (Lipinski definition) is 4. The molecule has 0 saturated heterocycles. The molecule has 1 unspecified atom stereocenters. The largest absolute Gasteiger partial charge is 0.354 e. The monoisotopic (exact) mass is 503 g/mol. The van der Waals surface area contributed by atoms with Crippen molar-refractivity contribution in [2.24, 2.45) is 4.99 Å². The van der Waals surface area contributed by atoms with Crippen molar-refractivity contribution in [1.29, 1.82) is 0 Å². The molecule has 0 amide bonds. The molecule has 0 aromatic heterocycles. The summed E-state index contributed by atoms with van der Waals surface area (Å²) in [5.41, 5.74) is 7.13. The molecule has 1 N–H and O–H groups in total. The molecule has 0 bridgehead atoms. The van der Waals surface area contributed by atoms with Gasteiger partial charge in [-0.3, -0.25) is 4.99 Å². The van der Waals surface area contributed by atoms with Gasteiger partial charge in [-0.1, -0.05) is 62.4 Å². The Bertz CT molecular complexity index is 1500. The number of hydrogen-bond donors (Lipinski definition) is 1. The third-order valence-electron chi connectivity index (χ3n) is 7.11. The molecule has 0 saturated carbocycles.